The van der Waals surface area contributed by atoms with Crippen molar-refractivity contribution in [2.75, 3.05) is 19.7 Å². The van der Waals surface area contributed by atoms with Crippen LogP contribution < -0.4 is 4.74 Å². The van der Waals surface area contributed by atoms with Crippen LogP contribution in [0, 0.1) is 24.2 Å². The predicted molar refractivity (Wildman–Crippen MR) is 96.5 cm³/mol. The number of piperidine rings is 1. The topological polar surface area (TPSA) is 53.3 Å². The van der Waals surface area contributed by atoms with E-state index < -0.39 is 0 Å². The number of hydrogen-bond acceptors (Lipinski definition) is 3. The van der Waals surface area contributed by atoms with Gasteiger partial charge in [0.2, 0.25) is 0 Å². The van der Waals surface area contributed by atoms with Crippen molar-refractivity contribution in [2.45, 2.75) is 19.8 Å². The molecule has 0 saturated carbocycles. The second-order valence-electron chi connectivity index (χ2n) is 6.54. The number of hydrogen-bond donors (Lipinski definition) is 0. The van der Waals surface area contributed by atoms with E-state index in [1.54, 1.807) is 24.3 Å². The lowest BCUT2D eigenvalue weighted by Gasteiger charge is -2.33. The van der Waals surface area contributed by atoms with Gasteiger partial charge in [0.25, 0.3) is 5.91 Å². The molecule has 0 bridgehead atoms. The first-order valence-electron chi connectivity index (χ1n) is 8.65. The number of carbonyl (C=O) groups excluding carboxylic acids is 1. The third-order valence-corrected chi connectivity index (χ3v) is 4.56. The van der Waals surface area contributed by atoms with Gasteiger partial charge < -0.3 is 9.64 Å². The van der Waals surface area contributed by atoms with Gasteiger partial charge in [-0.05, 0) is 49.6 Å². The molecule has 1 atom stereocenters. The van der Waals surface area contributed by atoms with E-state index in [1.807, 2.05) is 36.1 Å². The molecule has 128 valence electrons. The molecule has 1 amide bonds. The van der Waals surface area contributed by atoms with Gasteiger partial charge in [0.05, 0.1) is 23.8 Å². The minimum atomic E-state index is -0.0580. The molecule has 0 radical (unpaired) electrons. The third kappa shape index (κ3) is 4.19. The molecule has 2 aromatic carbocycles. The van der Waals surface area contributed by atoms with Crippen LogP contribution in [-0.2, 0) is 0 Å². The molecular formula is C21H22N2O2. The van der Waals surface area contributed by atoms with Gasteiger partial charge in [0.15, 0.2) is 0 Å². The van der Waals surface area contributed by atoms with Gasteiger partial charge in [-0.2, -0.15) is 5.26 Å². The average molecular weight is 334 g/mol. The molecule has 0 spiro atoms. The molecule has 25 heavy (non-hydrogen) atoms. The standard InChI is InChI=1S/C21H22N2O2/c1-16-6-4-9-19(12-16)25-15-17-7-5-11-23(14-17)21(24)20-10-3-2-8-18(20)13-22/h2-4,6,8-10,12,17H,5,7,11,14-15H2,1H3/t17-/m0/s1. The fraction of sp³-hybridized carbons (Fsp3) is 0.333. The Morgan fingerprint density at radius 3 is 2.92 bits per heavy atom. The van der Waals surface area contributed by atoms with Gasteiger partial charge in [0.1, 0.15) is 5.75 Å². The summed E-state index contributed by atoms with van der Waals surface area (Å²) in [4.78, 5) is 14.6. The quantitative estimate of drug-likeness (QED) is 0.854. The maximum absolute atomic E-state index is 12.8. The van der Waals surface area contributed by atoms with Crippen LogP contribution in [0.1, 0.15) is 34.3 Å². The van der Waals surface area contributed by atoms with Crippen molar-refractivity contribution < 1.29 is 9.53 Å². The summed E-state index contributed by atoms with van der Waals surface area (Å²) in [5, 5.41) is 9.21. The first-order valence-corrected chi connectivity index (χ1v) is 8.65. The Labute approximate surface area is 148 Å². The molecule has 4 nitrogen and oxygen atoms in total. The van der Waals surface area contributed by atoms with E-state index in [0.717, 1.165) is 25.1 Å². The van der Waals surface area contributed by atoms with Crippen molar-refractivity contribution in [3.63, 3.8) is 0 Å². The fourth-order valence-corrected chi connectivity index (χ4v) is 3.24. The van der Waals surface area contributed by atoms with Gasteiger partial charge in [-0.1, -0.05) is 24.3 Å². The summed E-state index contributed by atoms with van der Waals surface area (Å²) >= 11 is 0. The highest BCUT2D eigenvalue weighted by molar-refractivity contribution is 5.96. The Bertz CT molecular complexity index is 794. The Balaban J connectivity index is 1.63. The predicted octanol–water partition coefficient (Wildman–Crippen LogP) is 3.80. The maximum atomic E-state index is 12.8. The smallest absolute Gasteiger partial charge is 0.255 e. The Hall–Kier alpha value is -2.80. The molecule has 1 heterocycles. The summed E-state index contributed by atoms with van der Waals surface area (Å²) in [7, 11) is 0. The van der Waals surface area contributed by atoms with Crippen molar-refractivity contribution in [1.82, 2.24) is 4.90 Å². The number of amides is 1. The number of aryl methyl sites for hydroxylation is 1. The van der Waals surface area contributed by atoms with E-state index in [-0.39, 0.29) is 5.91 Å². The number of rotatable bonds is 4. The van der Waals surface area contributed by atoms with E-state index in [2.05, 4.69) is 6.07 Å². The first-order chi connectivity index (χ1) is 12.2. The lowest BCUT2D eigenvalue weighted by Crippen LogP contribution is -2.41. The molecule has 1 aliphatic heterocycles. The minimum Gasteiger partial charge on any atom is -0.493 e. The van der Waals surface area contributed by atoms with Crippen molar-refractivity contribution >= 4 is 5.91 Å². The molecular weight excluding hydrogens is 312 g/mol. The van der Waals surface area contributed by atoms with Gasteiger partial charge in [0, 0.05) is 19.0 Å². The second-order valence-corrected chi connectivity index (χ2v) is 6.54. The van der Waals surface area contributed by atoms with Gasteiger partial charge >= 0.3 is 0 Å². The molecule has 3 rings (SSSR count). The number of nitriles is 1. The highest BCUT2D eigenvalue weighted by Gasteiger charge is 2.26. The van der Waals surface area contributed by atoms with Crippen LogP contribution in [0.3, 0.4) is 0 Å². The zero-order valence-electron chi connectivity index (χ0n) is 14.4. The third-order valence-electron chi connectivity index (χ3n) is 4.56. The van der Waals surface area contributed by atoms with E-state index in [4.69, 9.17) is 4.74 Å². The molecule has 0 N–H and O–H groups in total. The molecule has 0 unspecified atom stereocenters. The van der Waals surface area contributed by atoms with Crippen molar-refractivity contribution in [3.8, 4) is 11.8 Å². The lowest BCUT2D eigenvalue weighted by atomic mass is 9.97. The first kappa shape index (κ1) is 17.0. The van der Waals surface area contributed by atoms with Gasteiger partial charge in [-0.25, -0.2) is 0 Å². The minimum absolute atomic E-state index is 0.0580. The highest BCUT2D eigenvalue weighted by Crippen LogP contribution is 2.22. The summed E-state index contributed by atoms with van der Waals surface area (Å²) in [6.45, 7) is 4.05. The van der Waals surface area contributed by atoms with Crippen molar-refractivity contribution in [2.24, 2.45) is 5.92 Å². The van der Waals surface area contributed by atoms with Crippen LogP contribution in [-0.4, -0.2) is 30.5 Å². The normalized spacial score (nSPS) is 17.0. The zero-order chi connectivity index (χ0) is 17.6. The summed E-state index contributed by atoms with van der Waals surface area (Å²) in [6.07, 6.45) is 2.01. The van der Waals surface area contributed by atoms with Gasteiger partial charge in [-0.15, -0.1) is 0 Å². The Morgan fingerprint density at radius 1 is 1.28 bits per heavy atom. The molecule has 1 fully saturated rings. The molecule has 4 heteroatoms. The SMILES string of the molecule is Cc1cccc(OC[C@H]2CCCN(C(=O)c3ccccc3C#N)C2)c1. The number of benzene rings is 2. The van der Waals surface area contributed by atoms with Crippen LogP contribution >= 0.6 is 0 Å². The monoisotopic (exact) mass is 334 g/mol. The second kappa shape index (κ2) is 7.85. The van der Waals surface area contributed by atoms with E-state index in [0.29, 0.717) is 30.2 Å². The molecule has 1 aliphatic rings. The number of nitrogens with zero attached hydrogens (tertiary/aromatic N) is 2. The van der Waals surface area contributed by atoms with Crippen molar-refractivity contribution in [3.05, 3.63) is 65.2 Å². The van der Waals surface area contributed by atoms with Crippen LogP contribution in [0.2, 0.25) is 0 Å². The van der Waals surface area contributed by atoms with Crippen LogP contribution in [0.4, 0.5) is 0 Å². The fourth-order valence-electron chi connectivity index (χ4n) is 3.24. The van der Waals surface area contributed by atoms with E-state index in [1.165, 1.54) is 5.56 Å². The number of likely N-dealkylation sites (tertiary alicyclic amines) is 1. The van der Waals surface area contributed by atoms with E-state index >= 15 is 0 Å². The molecule has 0 aromatic heterocycles. The Morgan fingerprint density at radius 2 is 2.12 bits per heavy atom. The zero-order valence-corrected chi connectivity index (χ0v) is 14.4. The van der Waals surface area contributed by atoms with Crippen molar-refractivity contribution in [1.29, 1.82) is 5.26 Å². The largest absolute Gasteiger partial charge is 0.493 e. The average Bonchev–Trinajstić information content (AvgIpc) is 2.66. The van der Waals surface area contributed by atoms with Crippen LogP contribution in [0.25, 0.3) is 0 Å². The number of carbonyl (C=O) groups is 1. The molecule has 0 aliphatic carbocycles. The lowest BCUT2D eigenvalue weighted by molar-refractivity contribution is 0.0633. The number of ether oxygens (including phenoxy) is 1. The molecule has 2 aromatic rings. The summed E-state index contributed by atoms with van der Waals surface area (Å²) in [6, 6.07) is 17.1. The summed E-state index contributed by atoms with van der Waals surface area (Å²) in [5.74, 6) is 1.13. The Kier molecular flexibility index (Phi) is 5.35. The summed E-state index contributed by atoms with van der Waals surface area (Å²) in [5.41, 5.74) is 2.10. The highest BCUT2D eigenvalue weighted by atomic mass is 16.5. The van der Waals surface area contributed by atoms with E-state index in [9.17, 15) is 10.1 Å². The summed E-state index contributed by atoms with van der Waals surface area (Å²) < 4.78 is 5.91. The van der Waals surface area contributed by atoms with Crippen LogP contribution in [0.5, 0.6) is 5.75 Å². The maximum Gasteiger partial charge on any atom is 0.255 e. The van der Waals surface area contributed by atoms with Gasteiger partial charge in [-0.3, -0.25) is 4.79 Å². The van der Waals surface area contributed by atoms with Crippen LogP contribution in [0.15, 0.2) is 48.5 Å². The molecule has 1 saturated heterocycles.